The molecule has 1 saturated heterocycles. The van der Waals surface area contributed by atoms with Gasteiger partial charge in [0.25, 0.3) is 0 Å². The number of pyridine rings is 1. The van der Waals surface area contributed by atoms with Crippen molar-refractivity contribution in [1.29, 1.82) is 0 Å². The highest BCUT2D eigenvalue weighted by Gasteiger charge is 2.33. The molecule has 2 aliphatic rings. The van der Waals surface area contributed by atoms with E-state index in [1.54, 1.807) is 0 Å². The molecule has 11 heteroatoms. The number of hydrogen-bond donors (Lipinski definition) is 4. The van der Waals surface area contributed by atoms with E-state index in [1.807, 2.05) is 54.8 Å². The number of anilines is 2. The van der Waals surface area contributed by atoms with Gasteiger partial charge in [-0.15, -0.1) is 0 Å². The van der Waals surface area contributed by atoms with Gasteiger partial charge in [0.15, 0.2) is 0 Å². The third-order valence-electron chi connectivity index (χ3n) is 6.87. The van der Waals surface area contributed by atoms with Crippen LogP contribution in [0.2, 0.25) is 0 Å². The van der Waals surface area contributed by atoms with Crippen LogP contribution in [0.3, 0.4) is 0 Å². The summed E-state index contributed by atoms with van der Waals surface area (Å²) in [6.07, 6.45) is 0.478. The van der Waals surface area contributed by atoms with Crippen LogP contribution in [0.25, 0.3) is 22.2 Å². The fourth-order valence-corrected chi connectivity index (χ4v) is 4.78. The molecule has 1 aliphatic carbocycles. The standard InChI is InChI=1S/C26H29F3N6O2/c1-15-12-19(9-11-35(15)25(37)31-14-26(27,28)29)32-18-6-4-16(5-7-18)21-13-22(34-24(36)17-2-3-17)33-23-20(21)8-10-30-23/h4-8,10,13,15,17,19,32H,2-3,9,11-12,14H2,1H3,(H,31,37)(H2,30,33,34,36)/t15-,19?/m0/s1. The summed E-state index contributed by atoms with van der Waals surface area (Å²) in [6, 6.07) is 11.0. The summed E-state index contributed by atoms with van der Waals surface area (Å²) < 4.78 is 37.3. The first-order chi connectivity index (χ1) is 17.7. The monoisotopic (exact) mass is 514 g/mol. The second-order valence-corrected chi connectivity index (χ2v) is 9.82. The number of aromatic amines is 1. The van der Waals surface area contributed by atoms with Crippen molar-refractivity contribution in [3.63, 3.8) is 0 Å². The van der Waals surface area contributed by atoms with Crippen molar-refractivity contribution in [1.82, 2.24) is 20.2 Å². The summed E-state index contributed by atoms with van der Waals surface area (Å²) in [5.74, 6) is 0.602. The van der Waals surface area contributed by atoms with Crippen LogP contribution in [0.15, 0.2) is 42.6 Å². The normalized spacial score (nSPS) is 20.1. The van der Waals surface area contributed by atoms with E-state index in [0.29, 0.717) is 30.9 Å². The number of aromatic nitrogens is 2. The number of nitrogens with zero attached hydrogens (tertiary/aromatic N) is 2. The highest BCUT2D eigenvalue weighted by molar-refractivity contribution is 5.99. The molecule has 4 N–H and O–H groups in total. The number of fused-ring (bicyclic) bond motifs is 1. The van der Waals surface area contributed by atoms with Gasteiger partial charge in [0.1, 0.15) is 18.0 Å². The van der Waals surface area contributed by atoms with E-state index in [0.717, 1.165) is 35.0 Å². The number of rotatable bonds is 6. The molecule has 5 rings (SSSR count). The van der Waals surface area contributed by atoms with E-state index < -0.39 is 18.8 Å². The summed E-state index contributed by atoms with van der Waals surface area (Å²) >= 11 is 0. The van der Waals surface area contributed by atoms with E-state index in [9.17, 15) is 22.8 Å². The number of carbonyl (C=O) groups excluding carboxylic acids is 2. The second-order valence-electron chi connectivity index (χ2n) is 9.82. The Morgan fingerprint density at radius 1 is 1.14 bits per heavy atom. The SMILES string of the molecule is C[C@H]1CC(Nc2ccc(-c3cc(NC(=O)C4CC4)nc4[nH]ccc34)cc2)CCN1C(=O)NCC(F)(F)F. The Hall–Kier alpha value is -3.76. The number of piperidine rings is 1. The number of urea groups is 1. The van der Waals surface area contributed by atoms with Gasteiger partial charge in [0.05, 0.1) is 0 Å². The number of hydrogen-bond acceptors (Lipinski definition) is 4. The lowest BCUT2D eigenvalue weighted by atomic mass is 9.98. The first-order valence-electron chi connectivity index (χ1n) is 12.4. The third kappa shape index (κ3) is 5.98. The van der Waals surface area contributed by atoms with Gasteiger partial charge < -0.3 is 25.8 Å². The van der Waals surface area contributed by atoms with Crippen molar-refractivity contribution in [2.45, 2.75) is 50.9 Å². The van der Waals surface area contributed by atoms with Crippen molar-refractivity contribution in [2.75, 3.05) is 23.7 Å². The van der Waals surface area contributed by atoms with Crippen molar-refractivity contribution >= 4 is 34.5 Å². The Morgan fingerprint density at radius 3 is 2.57 bits per heavy atom. The Bertz CT molecular complexity index is 1290. The van der Waals surface area contributed by atoms with Crippen molar-refractivity contribution in [3.05, 3.63) is 42.6 Å². The molecule has 1 aliphatic heterocycles. The van der Waals surface area contributed by atoms with Crippen LogP contribution < -0.4 is 16.0 Å². The molecule has 2 fully saturated rings. The highest BCUT2D eigenvalue weighted by atomic mass is 19.4. The third-order valence-corrected chi connectivity index (χ3v) is 6.87. The number of alkyl halides is 3. The van der Waals surface area contributed by atoms with Crippen molar-refractivity contribution in [3.8, 4) is 11.1 Å². The number of amides is 3. The number of nitrogens with one attached hydrogen (secondary N) is 4. The van der Waals surface area contributed by atoms with Gasteiger partial charge in [0, 0.05) is 41.8 Å². The summed E-state index contributed by atoms with van der Waals surface area (Å²) in [6.45, 7) is 0.887. The van der Waals surface area contributed by atoms with E-state index >= 15 is 0 Å². The Kier molecular flexibility index (Phi) is 6.70. The molecule has 0 radical (unpaired) electrons. The van der Waals surface area contributed by atoms with Crippen LogP contribution in [0.1, 0.15) is 32.6 Å². The van der Waals surface area contributed by atoms with Crippen LogP contribution >= 0.6 is 0 Å². The van der Waals surface area contributed by atoms with Crippen LogP contribution in [-0.2, 0) is 4.79 Å². The van der Waals surface area contributed by atoms with E-state index in [1.165, 1.54) is 4.90 Å². The maximum Gasteiger partial charge on any atom is 0.405 e. The molecule has 196 valence electrons. The molecule has 2 aromatic heterocycles. The molecule has 1 aromatic carbocycles. The van der Waals surface area contributed by atoms with Crippen LogP contribution in [0, 0.1) is 5.92 Å². The summed E-state index contributed by atoms with van der Waals surface area (Å²) in [5, 5.41) is 9.31. The molecule has 3 heterocycles. The number of carbonyl (C=O) groups is 2. The molecule has 8 nitrogen and oxygen atoms in total. The molecule has 1 saturated carbocycles. The fraction of sp³-hybridized carbons (Fsp3) is 0.423. The first kappa shape index (κ1) is 24.9. The van der Waals surface area contributed by atoms with Gasteiger partial charge in [-0.25, -0.2) is 9.78 Å². The van der Waals surface area contributed by atoms with Crippen LogP contribution in [-0.4, -0.2) is 58.2 Å². The smallest absolute Gasteiger partial charge is 0.382 e. The molecule has 0 spiro atoms. The molecule has 1 unspecified atom stereocenters. The predicted octanol–water partition coefficient (Wildman–Crippen LogP) is 5.12. The van der Waals surface area contributed by atoms with Gasteiger partial charge in [-0.3, -0.25) is 4.79 Å². The largest absolute Gasteiger partial charge is 0.405 e. The van der Waals surface area contributed by atoms with Crippen LogP contribution in [0.4, 0.5) is 29.5 Å². The van der Waals surface area contributed by atoms with Crippen molar-refractivity contribution < 1.29 is 22.8 Å². The van der Waals surface area contributed by atoms with Gasteiger partial charge in [0.2, 0.25) is 5.91 Å². The zero-order chi connectivity index (χ0) is 26.2. The Labute approximate surface area is 212 Å². The zero-order valence-corrected chi connectivity index (χ0v) is 20.4. The minimum atomic E-state index is -4.43. The number of benzene rings is 1. The van der Waals surface area contributed by atoms with Gasteiger partial charge >= 0.3 is 12.2 Å². The lowest BCUT2D eigenvalue weighted by Gasteiger charge is -2.38. The van der Waals surface area contributed by atoms with Crippen LogP contribution in [0.5, 0.6) is 0 Å². The molecule has 3 aromatic rings. The molecular weight excluding hydrogens is 485 g/mol. The van der Waals surface area contributed by atoms with Gasteiger partial charge in [-0.1, -0.05) is 12.1 Å². The molecule has 0 bridgehead atoms. The maximum atomic E-state index is 12.4. The average Bonchev–Trinajstić information content (AvgIpc) is 3.60. The van der Waals surface area contributed by atoms with E-state index in [2.05, 4.69) is 20.6 Å². The van der Waals surface area contributed by atoms with Gasteiger partial charge in [-0.2, -0.15) is 13.2 Å². The summed E-state index contributed by atoms with van der Waals surface area (Å²) in [4.78, 5) is 33.5. The molecule has 3 amide bonds. The van der Waals surface area contributed by atoms with E-state index in [4.69, 9.17) is 0 Å². The fourth-order valence-electron chi connectivity index (χ4n) is 4.78. The molecule has 2 atom stereocenters. The summed E-state index contributed by atoms with van der Waals surface area (Å²) in [5.41, 5.74) is 3.54. The van der Waals surface area contributed by atoms with Crippen molar-refractivity contribution in [2.24, 2.45) is 5.92 Å². The number of likely N-dealkylation sites (tertiary alicyclic amines) is 1. The lowest BCUT2D eigenvalue weighted by Crippen LogP contribution is -2.52. The lowest BCUT2D eigenvalue weighted by molar-refractivity contribution is -0.123. The first-order valence-corrected chi connectivity index (χ1v) is 12.4. The summed E-state index contributed by atoms with van der Waals surface area (Å²) in [7, 11) is 0. The Balaban J connectivity index is 1.23. The molecular formula is C26H29F3N6O2. The highest BCUT2D eigenvalue weighted by Crippen LogP contribution is 2.33. The minimum absolute atomic E-state index is 0.00186. The zero-order valence-electron chi connectivity index (χ0n) is 20.4. The topological polar surface area (TPSA) is 102 Å². The average molecular weight is 515 g/mol. The van der Waals surface area contributed by atoms with E-state index in [-0.39, 0.29) is 23.9 Å². The second kappa shape index (κ2) is 9.95. The Morgan fingerprint density at radius 2 is 1.89 bits per heavy atom. The molecule has 37 heavy (non-hydrogen) atoms. The number of H-pyrrole nitrogens is 1. The minimum Gasteiger partial charge on any atom is -0.382 e. The van der Waals surface area contributed by atoms with Gasteiger partial charge in [-0.05, 0) is 68.0 Å². The predicted molar refractivity (Wildman–Crippen MR) is 135 cm³/mol. The number of halogens is 3. The quantitative estimate of drug-likeness (QED) is 0.367. The maximum absolute atomic E-state index is 12.4.